The second-order valence-corrected chi connectivity index (χ2v) is 11.6. The van der Waals surface area contributed by atoms with Crippen molar-refractivity contribution in [1.29, 1.82) is 0 Å². The molecule has 1 unspecified atom stereocenters. The minimum atomic E-state index is -3.84. The zero-order chi connectivity index (χ0) is 25.6. The van der Waals surface area contributed by atoms with E-state index in [2.05, 4.69) is 5.32 Å². The SMILES string of the molecule is CC(C(=O)NC1CCCCC1)N(Cc1cccc(Cl)c1)C(=O)CN(c1ccccc1Cl)S(C)(=O)=O. The van der Waals surface area contributed by atoms with Gasteiger partial charge in [0.2, 0.25) is 21.8 Å². The Morgan fingerprint density at radius 1 is 1.06 bits per heavy atom. The number of nitrogens with one attached hydrogen (secondary N) is 1. The van der Waals surface area contributed by atoms with Crippen molar-refractivity contribution in [3.05, 3.63) is 64.1 Å². The van der Waals surface area contributed by atoms with Crippen LogP contribution in [0.4, 0.5) is 5.69 Å². The molecule has 0 spiro atoms. The molecule has 1 saturated carbocycles. The lowest BCUT2D eigenvalue weighted by Crippen LogP contribution is -2.53. The van der Waals surface area contributed by atoms with Gasteiger partial charge in [0.25, 0.3) is 0 Å². The molecule has 1 N–H and O–H groups in total. The molecule has 1 aliphatic rings. The maximum atomic E-state index is 13.6. The van der Waals surface area contributed by atoms with E-state index in [0.717, 1.165) is 48.2 Å². The van der Waals surface area contributed by atoms with Crippen molar-refractivity contribution in [2.45, 2.75) is 57.7 Å². The van der Waals surface area contributed by atoms with Crippen molar-refractivity contribution in [3.63, 3.8) is 0 Å². The van der Waals surface area contributed by atoms with Crippen molar-refractivity contribution < 1.29 is 18.0 Å². The van der Waals surface area contributed by atoms with Crippen LogP contribution < -0.4 is 9.62 Å². The number of benzene rings is 2. The number of sulfonamides is 1. The van der Waals surface area contributed by atoms with Gasteiger partial charge in [0.15, 0.2) is 0 Å². The molecule has 3 rings (SSSR count). The predicted molar refractivity (Wildman–Crippen MR) is 140 cm³/mol. The fourth-order valence-electron chi connectivity index (χ4n) is 4.23. The highest BCUT2D eigenvalue weighted by Gasteiger charge is 2.31. The van der Waals surface area contributed by atoms with E-state index in [0.29, 0.717) is 5.02 Å². The number of carbonyl (C=O) groups is 2. The van der Waals surface area contributed by atoms with Gasteiger partial charge in [-0.2, -0.15) is 0 Å². The molecule has 10 heteroatoms. The Balaban J connectivity index is 1.88. The van der Waals surface area contributed by atoms with Gasteiger partial charge in [-0.3, -0.25) is 13.9 Å². The van der Waals surface area contributed by atoms with Crippen LogP contribution in [0.1, 0.15) is 44.6 Å². The summed E-state index contributed by atoms with van der Waals surface area (Å²) in [4.78, 5) is 28.1. The summed E-state index contributed by atoms with van der Waals surface area (Å²) in [6.07, 6.45) is 6.12. The number of amides is 2. The molecule has 1 fully saturated rings. The summed E-state index contributed by atoms with van der Waals surface area (Å²) in [5.74, 6) is -0.794. The second kappa shape index (κ2) is 12.1. The number of hydrogen-bond donors (Lipinski definition) is 1. The standard InChI is InChI=1S/C25H31Cl2N3O4S/c1-18(25(32)28-21-11-4-3-5-12-21)29(16-19-9-8-10-20(26)15-19)24(31)17-30(35(2,33)34)23-14-7-6-13-22(23)27/h6-10,13-15,18,21H,3-5,11-12,16-17H2,1-2H3,(H,28,32). The third kappa shape index (κ3) is 7.59. The van der Waals surface area contributed by atoms with Crippen LogP contribution >= 0.6 is 23.2 Å². The van der Waals surface area contributed by atoms with Crippen LogP contribution in [-0.2, 0) is 26.2 Å². The first-order valence-electron chi connectivity index (χ1n) is 11.6. The molecule has 35 heavy (non-hydrogen) atoms. The van der Waals surface area contributed by atoms with Crippen LogP contribution in [0.3, 0.4) is 0 Å². The van der Waals surface area contributed by atoms with Crippen LogP contribution in [0.25, 0.3) is 0 Å². The lowest BCUT2D eigenvalue weighted by Gasteiger charge is -2.33. The van der Waals surface area contributed by atoms with Crippen molar-refractivity contribution in [2.24, 2.45) is 0 Å². The van der Waals surface area contributed by atoms with E-state index in [1.165, 1.54) is 11.0 Å². The van der Waals surface area contributed by atoms with E-state index < -0.39 is 28.5 Å². The van der Waals surface area contributed by atoms with Gasteiger partial charge in [-0.25, -0.2) is 8.42 Å². The summed E-state index contributed by atoms with van der Waals surface area (Å²) in [5.41, 5.74) is 0.929. The second-order valence-electron chi connectivity index (χ2n) is 8.89. The van der Waals surface area contributed by atoms with Crippen molar-refractivity contribution >= 4 is 50.7 Å². The molecule has 0 saturated heterocycles. The van der Waals surface area contributed by atoms with Crippen LogP contribution in [0, 0.1) is 0 Å². The fourth-order valence-corrected chi connectivity index (χ4v) is 5.59. The Kier molecular flexibility index (Phi) is 9.44. The van der Waals surface area contributed by atoms with Gasteiger partial charge in [0.1, 0.15) is 12.6 Å². The first-order chi connectivity index (χ1) is 16.6. The summed E-state index contributed by atoms with van der Waals surface area (Å²) in [5, 5.41) is 3.77. The predicted octanol–water partition coefficient (Wildman–Crippen LogP) is 4.63. The Morgan fingerprint density at radius 2 is 1.74 bits per heavy atom. The minimum absolute atomic E-state index is 0.0810. The van der Waals surface area contributed by atoms with Crippen LogP contribution in [0.2, 0.25) is 10.0 Å². The third-order valence-electron chi connectivity index (χ3n) is 6.16. The molecule has 2 amide bonds. The molecule has 0 radical (unpaired) electrons. The highest BCUT2D eigenvalue weighted by atomic mass is 35.5. The Morgan fingerprint density at radius 3 is 2.37 bits per heavy atom. The number of halogens is 2. The molecule has 1 atom stereocenters. The summed E-state index contributed by atoms with van der Waals surface area (Å²) < 4.78 is 26.2. The number of anilines is 1. The zero-order valence-corrected chi connectivity index (χ0v) is 22.2. The quantitative estimate of drug-likeness (QED) is 0.503. The monoisotopic (exact) mass is 539 g/mol. The van der Waals surface area contributed by atoms with Crippen molar-refractivity contribution in [1.82, 2.24) is 10.2 Å². The molecule has 0 heterocycles. The molecule has 0 aliphatic heterocycles. The average Bonchev–Trinajstić information content (AvgIpc) is 2.81. The molecular weight excluding hydrogens is 509 g/mol. The summed E-state index contributed by atoms with van der Waals surface area (Å²) in [7, 11) is -3.84. The topological polar surface area (TPSA) is 86.8 Å². The van der Waals surface area contributed by atoms with Crippen molar-refractivity contribution in [3.8, 4) is 0 Å². The van der Waals surface area contributed by atoms with Gasteiger partial charge < -0.3 is 10.2 Å². The van der Waals surface area contributed by atoms with E-state index in [1.807, 2.05) is 0 Å². The summed E-state index contributed by atoms with van der Waals surface area (Å²) in [6, 6.07) is 12.7. The first kappa shape index (κ1) is 27.3. The Labute approximate surface area is 217 Å². The fraction of sp³-hybridized carbons (Fsp3) is 0.440. The molecule has 2 aromatic rings. The van der Waals surface area contributed by atoms with Gasteiger partial charge in [-0.15, -0.1) is 0 Å². The highest BCUT2D eigenvalue weighted by Crippen LogP contribution is 2.27. The van der Waals surface area contributed by atoms with E-state index in [-0.39, 0.29) is 29.2 Å². The van der Waals surface area contributed by atoms with E-state index in [4.69, 9.17) is 23.2 Å². The third-order valence-corrected chi connectivity index (χ3v) is 7.84. The van der Waals surface area contributed by atoms with Gasteiger partial charge in [0.05, 0.1) is 17.0 Å². The normalized spacial score (nSPS) is 15.3. The molecule has 0 bridgehead atoms. The Hall–Kier alpha value is -2.29. The average molecular weight is 541 g/mol. The van der Waals surface area contributed by atoms with Gasteiger partial charge in [-0.05, 0) is 49.6 Å². The van der Waals surface area contributed by atoms with Crippen LogP contribution in [0.15, 0.2) is 48.5 Å². The molecular formula is C25H31Cl2N3O4S. The number of hydrogen-bond acceptors (Lipinski definition) is 4. The largest absolute Gasteiger partial charge is 0.352 e. The van der Waals surface area contributed by atoms with Crippen LogP contribution in [0.5, 0.6) is 0 Å². The smallest absolute Gasteiger partial charge is 0.244 e. The first-order valence-corrected chi connectivity index (χ1v) is 14.2. The van der Waals surface area contributed by atoms with E-state index >= 15 is 0 Å². The zero-order valence-electron chi connectivity index (χ0n) is 19.9. The Bertz CT molecular complexity index is 1150. The molecule has 1 aliphatic carbocycles. The number of nitrogens with zero attached hydrogens (tertiary/aromatic N) is 2. The molecule has 190 valence electrons. The molecule has 7 nitrogen and oxygen atoms in total. The minimum Gasteiger partial charge on any atom is -0.352 e. The van der Waals surface area contributed by atoms with Gasteiger partial charge in [-0.1, -0.05) is 66.7 Å². The lowest BCUT2D eigenvalue weighted by atomic mass is 9.95. The maximum absolute atomic E-state index is 13.6. The molecule has 0 aromatic heterocycles. The molecule has 2 aromatic carbocycles. The number of para-hydroxylation sites is 1. The van der Waals surface area contributed by atoms with Crippen LogP contribution in [-0.4, -0.2) is 50.0 Å². The van der Waals surface area contributed by atoms with Gasteiger partial charge >= 0.3 is 0 Å². The van der Waals surface area contributed by atoms with Crippen molar-refractivity contribution in [2.75, 3.05) is 17.1 Å². The summed E-state index contributed by atoms with van der Waals surface area (Å²) in [6.45, 7) is 1.25. The maximum Gasteiger partial charge on any atom is 0.244 e. The number of rotatable bonds is 9. The van der Waals surface area contributed by atoms with Gasteiger partial charge in [0, 0.05) is 17.6 Å². The number of carbonyl (C=O) groups excluding carboxylic acids is 2. The van der Waals surface area contributed by atoms with E-state index in [1.54, 1.807) is 49.4 Å². The lowest BCUT2D eigenvalue weighted by molar-refractivity contribution is -0.139. The highest BCUT2D eigenvalue weighted by molar-refractivity contribution is 7.92. The van der Waals surface area contributed by atoms with E-state index in [9.17, 15) is 18.0 Å². The summed E-state index contributed by atoms with van der Waals surface area (Å²) >= 11 is 12.4.